The Balaban J connectivity index is 2.53. The number of hydrogen-bond donors (Lipinski definition) is 2. The van der Waals surface area contributed by atoms with Crippen LogP contribution in [-0.2, 0) is 4.79 Å². The van der Waals surface area contributed by atoms with Gasteiger partial charge in [0.15, 0.2) is 0 Å². The van der Waals surface area contributed by atoms with E-state index in [2.05, 4.69) is 26.6 Å². The zero-order chi connectivity index (χ0) is 12.8. The summed E-state index contributed by atoms with van der Waals surface area (Å²) in [6.45, 7) is 3.05. The number of amides is 1. The molecule has 3 nitrogen and oxygen atoms in total. The smallest absolute Gasteiger partial charge is 0.221 e. The van der Waals surface area contributed by atoms with Crippen molar-refractivity contribution in [3.05, 3.63) is 26.7 Å². The van der Waals surface area contributed by atoms with Crippen LogP contribution in [0.4, 0.5) is 5.69 Å². The van der Waals surface area contributed by atoms with Crippen LogP contribution in [0.5, 0.6) is 0 Å². The van der Waals surface area contributed by atoms with Crippen LogP contribution in [0, 0.1) is 0 Å². The minimum atomic E-state index is 0.0133. The lowest BCUT2D eigenvalue weighted by molar-refractivity contribution is -0.120. The van der Waals surface area contributed by atoms with Crippen molar-refractivity contribution in [1.29, 1.82) is 0 Å². The van der Waals surface area contributed by atoms with Crippen molar-refractivity contribution in [3.63, 3.8) is 0 Å². The van der Waals surface area contributed by atoms with E-state index in [4.69, 9.17) is 23.2 Å². The molecule has 0 saturated heterocycles. The Hall–Kier alpha value is -0.450. The molecule has 1 amide bonds. The highest BCUT2D eigenvalue weighted by molar-refractivity contribution is 9.10. The third kappa shape index (κ3) is 4.37. The third-order valence-corrected chi connectivity index (χ3v) is 3.85. The summed E-state index contributed by atoms with van der Waals surface area (Å²) in [6.07, 6.45) is 0.401. The molecular formula is C11H13BrCl2N2O. The molecule has 0 heterocycles. The van der Waals surface area contributed by atoms with Gasteiger partial charge in [-0.15, -0.1) is 0 Å². The van der Waals surface area contributed by atoms with Gasteiger partial charge in [0.05, 0.1) is 15.7 Å². The van der Waals surface area contributed by atoms with E-state index in [-0.39, 0.29) is 5.91 Å². The van der Waals surface area contributed by atoms with E-state index in [9.17, 15) is 4.79 Å². The fourth-order valence-corrected chi connectivity index (χ4v) is 2.10. The van der Waals surface area contributed by atoms with Crippen molar-refractivity contribution in [2.75, 3.05) is 18.4 Å². The normalized spacial score (nSPS) is 10.1. The summed E-state index contributed by atoms with van der Waals surface area (Å²) in [4.78, 5) is 11.2. The lowest BCUT2D eigenvalue weighted by Gasteiger charge is -2.10. The van der Waals surface area contributed by atoms with Crippen LogP contribution in [0.3, 0.4) is 0 Å². The van der Waals surface area contributed by atoms with Crippen LogP contribution in [-0.4, -0.2) is 19.0 Å². The predicted molar refractivity (Wildman–Crippen MR) is 76.0 cm³/mol. The molecule has 0 aliphatic heterocycles. The highest BCUT2D eigenvalue weighted by Gasteiger charge is 2.08. The number of rotatable bonds is 5. The molecule has 0 atom stereocenters. The Morgan fingerprint density at radius 2 is 2.06 bits per heavy atom. The maximum Gasteiger partial charge on any atom is 0.221 e. The molecule has 0 radical (unpaired) electrons. The van der Waals surface area contributed by atoms with E-state index in [1.165, 1.54) is 0 Å². The molecule has 0 aromatic heterocycles. The number of nitrogens with one attached hydrogen (secondary N) is 2. The van der Waals surface area contributed by atoms with Crippen LogP contribution in [0.25, 0.3) is 0 Å². The van der Waals surface area contributed by atoms with E-state index < -0.39 is 0 Å². The van der Waals surface area contributed by atoms with Crippen molar-refractivity contribution < 1.29 is 4.79 Å². The predicted octanol–water partition coefficient (Wildman–Crippen LogP) is 3.69. The summed E-state index contributed by atoms with van der Waals surface area (Å²) in [5.41, 5.74) is 0.726. The quantitative estimate of drug-likeness (QED) is 0.803. The van der Waals surface area contributed by atoms with Gasteiger partial charge in [0.2, 0.25) is 5.91 Å². The highest BCUT2D eigenvalue weighted by Crippen LogP contribution is 2.35. The van der Waals surface area contributed by atoms with E-state index in [0.29, 0.717) is 29.6 Å². The van der Waals surface area contributed by atoms with Crippen molar-refractivity contribution >= 4 is 50.7 Å². The van der Waals surface area contributed by atoms with E-state index in [1.807, 2.05) is 19.1 Å². The van der Waals surface area contributed by atoms with Gasteiger partial charge in [-0.3, -0.25) is 4.79 Å². The largest absolute Gasteiger partial charge is 0.383 e. The third-order valence-electron chi connectivity index (χ3n) is 2.08. The molecule has 17 heavy (non-hydrogen) atoms. The van der Waals surface area contributed by atoms with Crippen molar-refractivity contribution in [1.82, 2.24) is 5.32 Å². The van der Waals surface area contributed by atoms with Crippen LogP contribution in [0.2, 0.25) is 10.0 Å². The Morgan fingerprint density at radius 1 is 1.35 bits per heavy atom. The molecule has 0 unspecified atom stereocenters. The monoisotopic (exact) mass is 338 g/mol. The van der Waals surface area contributed by atoms with Gasteiger partial charge in [-0.1, -0.05) is 23.2 Å². The van der Waals surface area contributed by atoms with Crippen molar-refractivity contribution in [3.8, 4) is 0 Å². The molecule has 2 N–H and O–H groups in total. The van der Waals surface area contributed by atoms with E-state index in [0.717, 1.165) is 10.2 Å². The first-order valence-corrected chi connectivity index (χ1v) is 6.75. The lowest BCUT2D eigenvalue weighted by Crippen LogP contribution is -2.24. The molecule has 0 spiro atoms. The van der Waals surface area contributed by atoms with Gasteiger partial charge in [0.1, 0.15) is 0 Å². The van der Waals surface area contributed by atoms with Crippen LogP contribution in [0.15, 0.2) is 16.6 Å². The van der Waals surface area contributed by atoms with Crippen molar-refractivity contribution in [2.24, 2.45) is 0 Å². The number of hydrogen-bond acceptors (Lipinski definition) is 2. The van der Waals surface area contributed by atoms with Gasteiger partial charge in [-0.2, -0.15) is 0 Å². The first kappa shape index (κ1) is 14.6. The molecule has 0 aliphatic rings. The molecule has 0 aliphatic carbocycles. The number of carbonyl (C=O) groups excluding carboxylic acids is 1. The SMILES string of the molecule is CCNC(=O)CCNc1ccc(Br)c(Cl)c1Cl. The van der Waals surface area contributed by atoms with Gasteiger partial charge in [-0.05, 0) is 35.0 Å². The molecule has 94 valence electrons. The maximum atomic E-state index is 11.2. The fraction of sp³-hybridized carbons (Fsp3) is 0.364. The zero-order valence-corrected chi connectivity index (χ0v) is 12.4. The summed E-state index contributed by atoms with van der Waals surface area (Å²) in [7, 11) is 0. The van der Waals surface area contributed by atoms with Crippen LogP contribution < -0.4 is 10.6 Å². The average molecular weight is 340 g/mol. The van der Waals surface area contributed by atoms with Gasteiger partial charge in [0, 0.05) is 24.0 Å². The Morgan fingerprint density at radius 3 is 2.71 bits per heavy atom. The Bertz CT molecular complexity index is 413. The topological polar surface area (TPSA) is 41.1 Å². The molecule has 1 aromatic rings. The summed E-state index contributed by atoms with van der Waals surface area (Å²) < 4.78 is 0.749. The molecule has 0 fully saturated rings. The molecular weight excluding hydrogens is 327 g/mol. The lowest BCUT2D eigenvalue weighted by atomic mass is 10.3. The summed E-state index contributed by atoms with van der Waals surface area (Å²) in [5.74, 6) is 0.0133. The van der Waals surface area contributed by atoms with Gasteiger partial charge >= 0.3 is 0 Å². The second-order valence-corrected chi connectivity index (χ2v) is 4.96. The maximum absolute atomic E-state index is 11.2. The van der Waals surface area contributed by atoms with E-state index >= 15 is 0 Å². The second-order valence-electron chi connectivity index (χ2n) is 3.35. The van der Waals surface area contributed by atoms with Gasteiger partial charge < -0.3 is 10.6 Å². The van der Waals surface area contributed by atoms with E-state index in [1.54, 1.807) is 0 Å². The Kier molecular flexibility index (Phi) is 6.09. The number of anilines is 1. The number of benzene rings is 1. The standard InChI is InChI=1S/C11H13BrCl2N2O/c1-2-15-9(17)5-6-16-8-4-3-7(12)10(13)11(8)14/h3-4,16H,2,5-6H2,1H3,(H,15,17). The highest BCUT2D eigenvalue weighted by atomic mass is 79.9. The van der Waals surface area contributed by atoms with Crippen molar-refractivity contribution in [2.45, 2.75) is 13.3 Å². The number of carbonyl (C=O) groups is 1. The molecule has 0 bridgehead atoms. The average Bonchev–Trinajstić information content (AvgIpc) is 2.29. The first-order valence-electron chi connectivity index (χ1n) is 5.20. The zero-order valence-electron chi connectivity index (χ0n) is 9.32. The summed E-state index contributed by atoms with van der Waals surface area (Å²) >= 11 is 15.3. The first-order chi connectivity index (χ1) is 8.06. The summed E-state index contributed by atoms with van der Waals surface area (Å²) in [5, 5.41) is 6.72. The fourth-order valence-electron chi connectivity index (χ4n) is 1.26. The van der Waals surface area contributed by atoms with Crippen LogP contribution >= 0.6 is 39.1 Å². The molecule has 6 heteroatoms. The minimum absolute atomic E-state index is 0.0133. The molecule has 0 saturated carbocycles. The summed E-state index contributed by atoms with van der Waals surface area (Å²) in [6, 6.07) is 3.62. The number of halogens is 3. The Labute approximate surface area is 119 Å². The molecule has 1 aromatic carbocycles. The van der Waals surface area contributed by atoms with Gasteiger partial charge in [0.25, 0.3) is 0 Å². The minimum Gasteiger partial charge on any atom is -0.383 e. The van der Waals surface area contributed by atoms with Gasteiger partial charge in [-0.25, -0.2) is 0 Å². The molecule has 1 rings (SSSR count). The van der Waals surface area contributed by atoms with Crippen LogP contribution in [0.1, 0.15) is 13.3 Å². The second kappa shape index (κ2) is 7.09.